The maximum Gasteiger partial charge on any atom is 0.180 e. The molecule has 0 saturated heterocycles. The van der Waals surface area contributed by atoms with Crippen LogP contribution >= 0.6 is 0 Å². The van der Waals surface area contributed by atoms with Crippen molar-refractivity contribution in [2.45, 2.75) is 43.1 Å². The molecule has 106 valence electrons. The molecule has 1 aliphatic rings. The first-order chi connectivity index (χ1) is 8.99. The summed E-state index contributed by atoms with van der Waals surface area (Å²) >= 11 is 0. The number of sulfone groups is 1. The van der Waals surface area contributed by atoms with Gasteiger partial charge in [-0.3, -0.25) is 0 Å². The van der Waals surface area contributed by atoms with Crippen molar-refractivity contribution in [3.63, 3.8) is 0 Å². The van der Waals surface area contributed by atoms with E-state index in [0.717, 1.165) is 44.2 Å². The SMILES string of the molecule is O=S(=O)(CC(O)C1CCCCC1)c1ccc(F)cc1. The van der Waals surface area contributed by atoms with Crippen LogP contribution < -0.4 is 0 Å². The Bertz CT molecular complexity index is 504. The van der Waals surface area contributed by atoms with Crippen molar-refractivity contribution in [1.82, 2.24) is 0 Å². The van der Waals surface area contributed by atoms with Gasteiger partial charge in [0, 0.05) is 0 Å². The van der Waals surface area contributed by atoms with E-state index in [9.17, 15) is 17.9 Å². The van der Waals surface area contributed by atoms with Crippen LogP contribution in [-0.2, 0) is 9.84 Å². The molecule has 5 heteroatoms. The van der Waals surface area contributed by atoms with E-state index in [1.165, 1.54) is 12.1 Å². The molecule has 0 heterocycles. The highest BCUT2D eigenvalue weighted by Gasteiger charge is 2.27. The lowest BCUT2D eigenvalue weighted by Crippen LogP contribution is -2.30. The Balaban J connectivity index is 2.05. The molecule has 19 heavy (non-hydrogen) atoms. The number of rotatable bonds is 4. The zero-order chi connectivity index (χ0) is 13.9. The average Bonchev–Trinajstić information content (AvgIpc) is 2.40. The molecule has 1 atom stereocenters. The van der Waals surface area contributed by atoms with Gasteiger partial charge in [0.2, 0.25) is 0 Å². The number of hydrogen-bond donors (Lipinski definition) is 1. The highest BCUT2D eigenvalue weighted by atomic mass is 32.2. The summed E-state index contributed by atoms with van der Waals surface area (Å²) in [5.41, 5.74) is 0. The van der Waals surface area contributed by atoms with Crippen LogP contribution in [0.15, 0.2) is 29.2 Å². The first-order valence-corrected chi connectivity index (χ1v) is 8.31. The van der Waals surface area contributed by atoms with Gasteiger partial charge in [-0.15, -0.1) is 0 Å². The smallest absolute Gasteiger partial charge is 0.180 e. The summed E-state index contributed by atoms with van der Waals surface area (Å²) in [7, 11) is -3.54. The second kappa shape index (κ2) is 6.01. The molecule has 0 bridgehead atoms. The lowest BCUT2D eigenvalue weighted by molar-refractivity contribution is 0.103. The van der Waals surface area contributed by atoms with Gasteiger partial charge in [0.25, 0.3) is 0 Å². The number of aliphatic hydroxyl groups excluding tert-OH is 1. The Morgan fingerprint density at radius 2 is 1.74 bits per heavy atom. The van der Waals surface area contributed by atoms with Gasteiger partial charge < -0.3 is 5.11 Å². The lowest BCUT2D eigenvalue weighted by Gasteiger charge is -2.26. The molecule has 1 aromatic carbocycles. The van der Waals surface area contributed by atoms with E-state index in [0.29, 0.717) is 0 Å². The zero-order valence-corrected chi connectivity index (χ0v) is 11.6. The van der Waals surface area contributed by atoms with Gasteiger partial charge in [-0.2, -0.15) is 0 Å². The van der Waals surface area contributed by atoms with E-state index < -0.39 is 21.8 Å². The quantitative estimate of drug-likeness (QED) is 0.865. The van der Waals surface area contributed by atoms with Gasteiger partial charge in [-0.1, -0.05) is 19.3 Å². The summed E-state index contributed by atoms with van der Waals surface area (Å²) in [6.07, 6.45) is 4.22. The zero-order valence-electron chi connectivity index (χ0n) is 10.8. The molecule has 1 saturated carbocycles. The van der Waals surface area contributed by atoms with E-state index in [1.807, 2.05) is 0 Å². The third-order valence-electron chi connectivity index (χ3n) is 3.76. The van der Waals surface area contributed by atoms with Crippen molar-refractivity contribution < 1.29 is 17.9 Å². The number of aliphatic hydroxyl groups is 1. The Kier molecular flexibility index (Phi) is 4.58. The largest absolute Gasteiger partial charge is 0.392 e. The second-order valence-electron chi connectivity index (χ2n) is 5.20. The van der Waals surface area contributed by atoms with Crippen molar-refractivity contribution >= 4 is 9.84 Å². The van der Waals surface area contributed by atoms with Crippen LogP contribution in [0.2, 0.25) is 0 Å². The maximum atomic E-state index is 12.8. The van der Waals surface area contributed by atoms with Crippen molar-refractivity contribution in [1.29, 1.82) is 0 Å². The minimum Gasteiger partial charge on any atom is -0.392 e. The van der Waals surface area contributed by atoms with Gasteiger partial charge in [-0.05, 0) is 43.0 Å². The topological polar surface area (TPSA) is 54.4 Å². The van der Waals surface area contributed by atoms with Crippen LogP contribution in [0.25, 0.3) is 0 Å². The van der Waals surface area contributed by atoms with E-state index in [1.54, 1.807) is 0 Å². The second-order valence-corrected chi connectivity index (χ2v) is 7.24. The Morgan fingerprint density at radius 3 is 2.32 bits per heavy atom. The molecule has 0 spiro atoms. The predicted octanol–water partition coefficient (Wildman–Crippen LogP) is 2.54. The Labute approximate surface area is 113 Å². The van der Waals surface area contributed by atoms with Crippen LogP contribution in [0, 0.1) is 11.7 Å². The van der Waals surface area contributed by atoms with Gasteiger partial charge in [-0.25, -0.2) is 12.8 Å². The molecular formula is C14H19FO3S. The fraction of sp³-hybridized carbons (Fsp3) is 0.571. The van der Waals surface area contributed by atoms with Crippen LogP contribution in [0.4, 0.5) is 4.39 Å². The third kappa shape index (κ3) is 3.76. The van der Waals surface area contributed by atoms with Crippen molar-refractivity contribution in [3.05, 3.63) is 30.1 Å². The molecule has 0 aromatic heterocycles. The molecule has 3 nitrogen and oxygen atoms in total. The minimum absolute atomic E-state index is 0.0729. The third-order valence-corrected chi connectivity index (χ3v) is 5.53. The predicted molar refractivity (Wildman–Crippen MR) is 71.0 cm³/mol. The molecule has 1 fully saturated rings. The number of halogens is 1. The highest BCUT2D eigenvalue weighted by Crippen LogP contribution is 2.28. The lowest BCUT2D eigenvalue weighted by atomic mass is 9.86. The molecule has 0 aliphatic heterocycles. The van der Waals surface area contributed by atoms with Crippen LogP contribution in [0.3, 0.4) is 0 Å². The number of benzene rings is 1. The molecule has 1 unspecified atom stereocenters. The summed E-state index contributed by atoms with van der Waals surface area (Å²) in [4.78, 5) is 0.0729. The van der Waals surface area contributed by atoms with Gasteiger partial charge in [0.1, 0.15) is 5.82 Å². The van der Waals surface area contributed by atoms with Crippen molar-refractivity contribution in [2.75, 3.05) is 5.75 Å². The summed E-state index contributed by atoms with van der Waals surface area (Å²) in [6, 6.07) is 4.75. The van der Waals surface area contributed by atoms with Gasteiger partial charge in [0.15, 0.2) is 9.84 Å². The minimum atomic E-state index is -3.54. The molecule has 1 aromatic rings. The summed E-state index contributed by atoms with van der Waals surface area (Å²) in [6.45, 7) is 0. The summed E-state index contributed by atoms with van der Waals surface area (Å²) < 4.78 is 37.0. The molecule has 0 radical (unpaired) electrons. The van der Waals surface area contributed by atoms with Crippen LogP contribution in [-0.4, -0.2) is 25.4 Å². The molecule has 1 aliphatic carbocycles. The van der Waals surface area contributed by atoms with E-state index >= 15 is 0 Å². The van der Waals surface area contributed by atoms with Crippen molar-refractivity contribution in [3.8, 4) is 0 Å². The highest BCUT2D eigenvalue weighted by molar-refractivity contribution is 7.91. The van der Waals surface area contributed by atoms with Gasteiger partial charge >= 0.3 is 0 Å². The molecule has 0 amide bonds. The van der Waals surface area contributed by atoms with E-state index in [-0.39, 0.29) is 16.6 Å². The van der Waals surface area contributed by atoms with Crippen LogP contribution in [0.1, 0.15) is 32.1 Å². The van der Waals surface area contributed by atoms with E-state index in [2.05, 4.69) is 0 Å². The van der Waals surface area contributed by atoms with Crippen molar-refractivity contribution in [2.24, 2.45) is 5.92 Å². The normalized spacial score (nSPS) is 19.3. The summed E-state index contributed by atoms with van der Waals surface area (Å²) in [5.74, 6) is -0.667. The Hall–Kier alpha value is -0.940. The first-order valence-electron chi connectivity index (χ1n) is 6.65. The fourth-order valence-corrected chi connectivity index (χ4v) is 4.08. The van der Waals surface area contributed by atoms with Crippen LogP contribution in [0.5, 0.6) is 0 Å². The fourth-order valence-electron chi connectivity index (χ4n) is 2.62. The van der Waals surface area contributed by atoms with E-state index in [4.69, 9.17) is 0 Å². The Morgan fingerprint density at radius 1 is 1.16 bits per heavy atom. The molecular weight excluding hydrogens is 267 g/mol. The average molecular weight is 286 g/mol. The first kappa shape index (κ1) is 14.5. The molecule has 1 N–H and O–H groups in total. The maximum absolute atomic E-state index is 12.8. The molecule has 2 rings (SSSR count). The number of hydrogen-bond acceptors (Lipinski definition) is 3. The standard InChI is InChI=1S/C14H19FO3S/c15-12-6-8-13(9-7-12)19(17,18)10-14(16)11-4-2-1-3-5-11/h6-9,11,14,16H,1-5,10H2. The monoisotopic (exact) mass is 286 g/mol. The van der Waals surface area contributed by atoms with Gasteiger partial charge in [0.05, 0.1) is 16.8 Å². The summed E-state index contributed by atoms with van der Waals surface area (Å²) in [5, 5.41) is 10.1.